The minimum Gasteiger partial charge on any atom is -0.462 e. The zero-order chi connectivity index (χ0) is 17.5. The Morgan fingerprint density at radius 3 is 2.46 bits per heavy atom. The third kappa shape index (κ3) is 4.86. The van der Waals surface area contributed by atoms with E-state index in [9.17, 15) is 9.59 Å². The zero-order valence-corrected chi connectivity index (χ0v) is 14.9. The third-order valence-electron chi connectivity index (χ3n) is 3.38. The zero-order valence-electron chi connectivity index (χ0n) is 14.0. The van der Waals surface area contributed by atoms with E-state index in [4.69, 9.17) is 4.74 Å². The molecule has 1 amide bonds. The molecule has 2 rings (SSSR count). The van der Waals surface area contributed by atoms with E-state index < -0.39 is 5.97 Å². The molecule has 4 nitrogen and oxygen atoms in total. The van der Waals surface area contributed by atoms with E-state index in [2.05, 4.69) is 5.32 Å². The molecule has 5 heteroatoms. The molecule has 0 fully saturated rings. The van der Waals surface area contributed by atoms with Gasteiger partial charge in [0.25, 0.3) is 0 Å². The SMILES string of the molecule is CCOC(=O)c1ccccc1NC(=O)[C@H](C)Sc1ccc(C)cc1. The van der Waals surface area contributed by atoms with Crippen LogP contribution in [-0.2, 0) is 9.53 Å². The van der Waals surface area contributed by atoms with Crippen molar-refractivity contribution in [3.63, 3.8) is 0 Å². The fraction of sp³-hybridized carbons (Fsp3) is 0.263. The van der Waals surface area contributed by atoms with Crippen LogP contribution in [0.15, 0.2) is 53.4 Å². The van der Waals surface area contributed by atoms with Crippen LogP contribution < -0.4 is 5.32 Å². The average Bonchev–Trinajstić information content (AvgIpc) is 2.57. The number of hydrogen-bond acceptors (Lipinski definition) is 4. The first kappa shape index (κ1) is 18.1. The van der Waals surface area contributed by atoms with Crippen LogP contribution >= 0.6 is 11.8 Å². The number of carbonyl (C=O) groups is 2. The van der Waals surface area contributed by atoms with Gasteiger partial charge in [0.05, 0.1) is 23.1 Å². The van der Waals surface area contributed by atoms with E-state index in [0.29, 0.717) is 17.9 Å². The second-order valence-electron chi connectivity index (χ2n) is 5.33. The summed E-state index contributed by atoms with van der Waals surface area (Å²) in [7, 11) is 0. The van der Waals surface area contributed by atoms with Crippen LogP contribution in [0.3, 0.4) is 0 Å². The number of aryl methyl sites for hydroxylation is 1. The lowest BCUT2D eigenvalue weighted by Crippen LogP contribution is -2.23. The van der Waals surface area contributed by atoms with Crippen molar-refractivity contribution < 1.29 is 14.3 Å². The Bertz CT molecular complexity index is 713. The van der Waals surface area contributed by atoms with E-state index in [1.807, 2.05) is 38.1 Å². The fourth-order valence-corrected chi connectivity index (χ4v) is 2.96. The summed E-state index contributed by atoms with van der Waals surface area (Å²) < 4.78 is 5.02. The van der Waals surface area contributed by atoms with Crippen LogP contribution in [0.2, 0.25) is 0 Å². The highest BCUT2D eigenvalue weighted by Crippen LogP contribution is 2.25. The highest BCUT2D eigenvalue weighted by atomic mass is 32.2. The molecule has 0 aliphatic heterocycles. The number of amides is 1. The van der Waals surface area contributed by atoms with Gasteiger partial charge in [0, 0.05) is 4.90 Å². The fourth-order valence-electron chi connectivity index (χ4n) is 2.09. The molecule has 2 aromatic rings. The molecule has 0 spiro atoms. The normalized spacial score (nSPS) is 11.6. The highest BCUT2D eigenvalue weighted by molar-refractivity contribution is 8.00. The number of anilines is 1. The molecular formula is C19H21NO3S. The number of hydrogen-bond donors (Lipinski definition) is 1. The Morgan fingerprint density at radius 1 is 1.12 bits per heavy atom. The molecule has 0 saturated carbocycles. The van der Waals surface area contributed by atoms with Crippen LogP contribution in [0.5, 0.6) is 0 Å². The summed E-state index contributed by atoms with van der Waals surface area (Å²) in [6.45, 7) is 5.91. The minimum atomic E-state index is -0.438. The van der Waals surface area contributed by atoms with Gasteiger partial charge in [-0.1, -0.05) is 29.8 Å². The van der Waals surface area contributed by atoms with Gasteiger partial charge in [-0.15, -0.1) is 11.8 Å². The number of thioether (sulfide) groups is 1. The van der Waals surface area contributed by atoms with Gasteiger partial charge in [0.2, 0.25) is 5.91 Å². The summed E-state index contributed by atoms with van der Waals surface area (Å²) in [6, 6.07) is 14.9. The summed E-state index contributed by atoms with van der Waals surface area (Å²) in [5.74, 6) is -0.593. The first-order valence-corrected chi connectivity index (χ1v) is 8.69. The molecule has 0 radical (unpaired) electrons. The van der Waals surface area contributed by atoms with Gasteiger partial charge in [-0.05, 0) is 45.0 Å². The predicted molar refractivity (Wildman–Crippen MR) is 97.5 cm³/mol. The Hall–Kier alpha value is -2.27. The highest BCUT2D eigenvalue weighted by Gasteiger charge is 2.18. The van der Waals surface area contributed by atoms with Crippen LogP contribution in [0.1, 0.15) is 29.8 Å². The van der Waals surface area contributed by atoms with Crippen molar-refractivity contribution in [1.29, 1.82) is 0 Å². The van der Waals surface area contributed by atoms with Crippen molar-refractivity contribution in [1.82, 2.24) is 0 Å². The van der Waals surface area contributed by atoms with Crippen LogP contribution in [0.4, 0.5) is 5.69 Å². The lowest BCUT2D eigenvalue weighted by Gasteiger charge is -2.14. The van der Waals surface area contributed by atoms with Crippen molar-refractivity contribution >= 4 is 29.3 Å². The van der Waals surface area contributed by atoms with Crippen LogP contribution in [-0.4, -0.2) is 23.7 Å². The lowest BCUT2D eigenvalue weighted by molar-refractivity contribution is -0.115. The first-order valence-electron chi connectivity index (χ1n) is 7.81. The van der Waals surface area contributed by atoms with E-state index in [-0.39, 0.29) is 11.2 Å². The molecular weight excluding hydrogens is 322 g/mol. The van der Waals surface area contributed by atoms with Crippen molar-refractivity contribution in [2.45, 2.75) is 30.9 Å². The lowest BCUT2D eigenvalue weighted by atomic mass is 10.1. The molecule has 0 saturated heterocycles. The summed E-state index contributed by atoms with van der Waals surface area (Å²) in [4.78, 5) is 25.4. The number of benzene rings is 2. The predicted octanol–water partition coefficient (Wildman–Crippen LogP) is 4.29. The number of rotatable bonds is 6. The van der Waals surface area contributed by atoms with Crippen molar-refractivity contribution in [2.75, 3.05) is 11.9 Å². The second-order valence-corrected chi connectivity index (χ2v) is 6.74. The van der Waals surface area contributed by atoms with Crippen molar-refractivity contribution in [2.24, 2.45) is 0 Å². The molecule has 0 aromatic heterocycles. The molecule has 0 aliphatic carbocycles. The molecule has 1 N–H and O–H groups in total. The monoisotopic (exact) mass is 343 g/mol. The largest absolute Gasteiger partial charge is 0.462 e. The molecule has 126 valence electrons. The number of carbonyl (C=O) groups excluding carboxylic acids is 2. The topological polar surface area (TPSA) is 55.4 Å². The van der Waals surface area contributed by atoms with Gasteiger partial charge in [-0.2, -0.15) is 0 Å². The van der Waals surface area contributed by atoms with Gasteiger partial charge >= 0.3 is 5.97 Å². The molecule has 0 aliphatic rings. The first-order chi connectivity index (χ1) is 11.5. The minimum absolute atomic E-state index is 0.155. The Labute approximate surface area is 146 Å². The molecule has 0 unspecified atom stereocenters. The van der Waals surface area contributed by atoms with Gasteiger partial charge in [-0.25, -0.2) is 4.79 Å². The maximum Gasteiger partial charge on any atom is 0.340 e. The van der Waals surface area contributed by atoms with Gasteiger partial charge < -0.3 is 10.1 Å². The molecule has 1 atom stereocenters. The van der Waals surface area contributed by atoms with Crippen LogP contribution in [0.25, 0.3) is 0 Å². The Morgan fingerprint density at radius 2 is 1.79 bits per heavy atom. The van der Waals surface area contributed by atoms with E-state index in [1.165, 1.54) is 17.3 Å². The molecule has 0 heterocycles. The maximum atomic E-state index is 12.4. The number of nitrogens with one attached hydrogen (secondary N) is 1. The summed E-state index contributed by atoms with van der Waals surface area (Å²) >= 11 is 1.48. The summed E-state index contributed by atoms with van der Waals surface area (Å²) in [5.41, 5.74) is 2.01. The average molecular weight is 343 g/mol. The van der Waals surface area contributed by atoms with Gasteiger partial charge in [0.15, 0.2) is 0 Å². The van der Waals surface area contributed by atoms with E-state index >= 15 is 0 Å². The summed E-state index contributed by atoms with van der Waals surface area (Å²) in [6.07, 6.45) is 0. The molecule has 24 heavy (non-hydrogen) atoms. The molecule has 0 bridgehead atoms. The Balaban J connectivity index is 2.06. The standard InChI is InChI=1S/C19H21NO3S/c1-4-23-19(22)16-7-5-6-8-17(16)20-18(21)14(3)24-15-11-9-13(2)10-12-15/h5-12,14H,4H2,1-3H3,(H,20,21)/t14-/m0/s1. The van der Waals surface area contributed by atoms with E-state index in [0.717, 1.165) is 4.90 Å². The second kappa shape index (κ2) is 8.55. The number of esters is 1. The number of para-hydroxylation sites is 1. The molecule has 2 aromatic carbocycles. The van der Waals surface area contributed by atoms with Crippen LogP contribution in [0, 0.1) is 6.92 Å². The van der Waals surface area contributed by atoms with Crippen molar-refractivity contribution in [3.8, 4) is 0 Å². The number of ether oxygens (including phenoxy) is 1. The van der Waals surface area contributed by atoms with Gasteiger partial charge in [0.1, 0.15) is 0 Å². The van der Waals surface area contributed by atoms with Crippen molar-refractivity contribution in [3.05, 3.63) is 59.7 Å². The Kier molecular flexibility index (Phi) is 6.44. The van der Waals surface area contributed by atoms with Gasteiger partial charge in [-0.3, -0.25) is 4.79 Å². The maximum absolute atomic E-state index is 12.4. The summed E-state index contributed by atoms with van der Waals surface area (Å²) in [5, 5.41) is 2.53. The van der Waals surface area contributed by atoms with E-state index in [1.54, 1.807) is 31.2 Å². The smallest absolute Gasteiger partial charge is 0.340 e. The third-order valence-corrected chi connectivity index (χ3v) is 4.50. The quantitative estimate of drug-likeness (QED) is 0.628.